The lowest BCUT2D eigenvalue weighted by molar-refractivity contribution is -0.137. The van der Waals surface area contributed by atoms with Crippen molar-refractivity contribution in [2.45, 2.75) is 6.18 Å². The van der Waals surface area contributed by atoms with E-state index >= 15 is 0 Å². The van der Waals surface area contributed by atoms with Crippen molar-refractivity contribution in [2.24, 2.45) is 0 Å². The Morgan fingerprint density at radius 2 is 1.34 bits per heavy atom. The third kappa shape index (κ3) is 4.98. The number of alkyl halides is 3. The van der Waals surface area contributed by atoms with Gasteiger partial charge in [-0.1, -0.05) is 24.3 Å². The van der Waals surface area contributed by atoms with Crippen LogP contribution in [0.25, 0.3) is 0 Å². The van der Waals surface area contributed by atoms with Gasteiger partial charge in [-0.05, 0) is 48.5 Å². The standard InChI is InChI=1S/C21H14F4N2O2/c22-18-10-2-1-9-17(18)20(29)27-15-7-3-5-13(11-15)19(28)26-16-8-4-6-14(12-16)21(23,24)25/h1-12H,(H,26,28)(H,27,29). The minimum Gasteiger partial charge on any atom is -0.322 e. The number of nitrogens with one attached hydrogen (secondary N) is 2. The highest BCUT2D eigenvalue weighted by Crippen LogP contribution is 2.30. The number of amides is 2. The van der Waals surface area contributed by atoms with E-state index in [4.69, 9.17) is 0 Å². The molecule has 0 heterocycles. The molecule has 0 aliphatic carbocycles. The molecule has 0 spiro atoms. The number of carbonyl (C=O) groups excluding carboxylic acids is 2. The first kappa shape index (κ1) is 20.1. The molecule has 0 radical (unpaired) electrons. The molecular formula is C21H14F4N2O2. The summed E-state index contributed by atoms with van der Waals surface area (Å²) >= 11 is 0. The third-order valence-electron chi connectivity index (χ3n) is 3.95. The van der Waals surface area contributed by atoms with Gasteiger partial charge in [0.05, 0.1) is 11.1 Å². The van der Waals surface area contributed by atoms with E-state index in [0.717, 1.165) is 18.2 Å². The summed E-state index contributed by atoms with van der Waals surface area (Å²) < 4.78 is 52.1. The average molecular weight is 402 g/mol. The minimum absolute atomic E-state index is 0.0226. The maximum Gasteiger partial charge on any atom is 0.416 e. The van der Waals surface area contributed by atoms with Gasteiger partial charge in [-0.25, -0.2) is 4.39 Å². The molecule has 0 bridgehead atoms. The quantitative estimate of drug-likeness (QED) is 0.578. The van der Waals surface area contributed by atoms with E-state index in [1.165, 1.54) is 54.6 Å². The Kier molecular flexibility index (Phi) is 5.63. The first-order chi connectivity index (χ1) is 13.7. The zero-order chi connectivity index (χ0) is 21.0. The SMILES string of the molecule is O=C(Nc1cccc(C(F)(F)F)c1)c1cccc(NC(=O)c2ccccc2F)c1. The maximum absolute atomic E-state index is 13.7. The lowest BCUT2D eigenvalue weighted by Gasteiger charge is -2.11. The topological polar surface area (TPSA) is 58.2 Å². The van der Waals surface area contributed by atoms with Gasteiger partial charge in [0.1, 0.15) is 5.82 Å². The average Bonchev–Trinajstić information content (AvgIpc) is 2.68. The molecule has 2 amide bonds. The second-order valence-electron chi connectivity index (χ2n) is 6.05. The molecule has 0 aliphatic rings. The fourth-order valence-corrected chi connectivity index (χ4v) is 2.56. The first-order valence-electron chi connectivity index (χ1n) is 8.38. The van der Waals surface area contributed by atoms with Crippen LogP contribution >= 0.6 is 0 Å². The highest BCUT2D eigenvalue weighted by molar-refractivity contribution is 6.07. The summed E-state index contributed by atoms with van der Waals surface area (Å²) in [6, 6.07) is 15.4. The molecule has 3 aromatic carbocycles. The van der Waals surface area contributed by atoms with Crippen LogP contribution in [0.4, 0.5) is 28.9 Å². The lowest BCUT2D eigenvalue weighted by atomic mass is 10.1. The number of anilines is 2. The highest BCUT2D eigenvalue weighted by Gasteiger charge is 2.30. The molecule has 0 saturated heterocycles. The van der Waals surface area contributed by atoms with Crippen LogP contribution in [0, 0.1) is 5.82 Å². The van der Waals surface area contributed by atoms with Gasteiger partial charge in [0, 0.05) is 16.9 Å². The van der Waals surface area contributed by atoms with E-state index < -0.39 is 29.4 Å². The van der Waals surface area contributed by atoms with Crippen LogP contribution in [0.5, 0.6) is 0 Å². The highest BCUT2D eigenvalue weighted by atomic mass is 19.4. The predicted octanol–water partition coefficient (Wildman–Crippen LogP) is 5.35. The van der Waals surface area contributed by atoms with Crippen LogP contribution in [0.2, 0.25) is 0 Å². The minimum atomic E-state index is -4.53. The molecule has 0 aromatic heterocycles. The van der Waals surface area contributed by atoms with Crippen molar-refractivity contribution in [3.63, 3.8) is 0 Å². The van der Waals surface area contributed by atoms with Gasteiger partial charge < -0.3 is 10.6 Å². The number of hydrogen-bond acceptors (Lipinski definition) is 2. The van der Waals surface area contributed by atoms with E-state index in [0.29, 0.717) is 0 Å². The maximum atomic E-state index is 13.7. The zero-order valence-corrected chi connectivity index (χ0v) is 14.8. The molecule has 2 N–H and O–H groups in total. The van der Waals surface area contributed by atoms with E-state index in [1.54, 1.807) is 0 Å². The Morgan fingerprint density at radius 3 is 2.03 bits per heavy atom. The van der Waals surface area contributed by atoms with Gasteiger partial charge in [-0.15, -0.1) is 0 Å². The van der Waals surface area contributed by atoms with Crippen LogP contribution in [0.3, 0.4) is 0 Å². The van der Waals surface area contributed by atoms with Crippen LogP contribution in [-0.2, 0) is 6.18 Å². The van der Waals surface area contributed by atoms with Gasteiger partial charge in [0.2, 0.25) is 0 Å². The largest absolute Gasteiger partial charge is 0.416 e. The Bertz CT molecular complexity index is 1060. The molecule has 0 aliphatic heterocycles. The van der Waals surface area contributed by atoms with Gasteiger partial charge >= 0.3 is 6.18 Å². The molecule has 4 nitrogen and oxygen atoms in total. The summed E-state index contributed by atoms with van der Waals surface area (Å²) in [4.78, 5) is 24.6. The predicted molar refractivity (Wildman–Crippen MR) is 100 cm³/mol. The Balaban J connectivity index is 1.75. The van der Waals surface area contributed by atoms with E-state index in [2.05, 4.69) is 10.6 Å². The summed E-state index contributed by atoms with van der Waals surface area (Å²) in [5.41, 5.74) is -0.734. The van der Waals surface area contributed by atoms with Crippen LogP contribution < -0.4 is 10.6 Å². The number of hydrogen-bond donors (Lipinski definition) is 2. The molecule has 29 heavy (non-hydrogen) atoms. The van der Waals surface area contributed by atoms with Gasteiger partial charge in [0.15, 0.2) is 0 Å². The monoisotopic (exact) mass is 402 g/mol. The van der Waals surface area contributed by atoms with Gasteiger partial charge in [-0.3, -0.25) is 9.59 Å². The number of halogens is 4. The van der Waals surface area contributed by atoms with Crippen molar-refractivity contribution >= 4 is 23.2 Å². The van der Waals surface area contributed by atoms with Crippen molar-refractivity contribution in [1.29, 1.82) is 0 Å². The van der Waals surface area contributed by atoms with Crippen LogP contribution in [0.1, 0.15) is 26.3 Å². The van der Waals surface area contributed by atoms with Crippen LogP contribution in [0.15, 0.2) is 72.8 Å². The van der Waals surface area contributed by atoms with Crippen LogP contribution in [-0.4, -0.2) is 11.8 Å². The summed E-state index contributed by atoms with van der Waals surface area (Å²) in [7, 11) is 0. The lowest BCUT2D eigenvalue weighted by Crippen LogP contribution is -2.16. The number of carbonyl (C=O) groups is 2. The molecule has 0 saturated carbocycles. The van der Waals surface area contributed by atoms with Crippen molar-refractivity contribution < 1.29 is 27.2 Å². The first-order valence-corrected chi connectivity index (χ1v) is 8.38. The summed E-state index contributed by atoms with van der Waals surface area (Å²) in [6.45, 7) is 0. The number of rotatable bonds is 4. The Labute approximate surface area is 163 Å². The molecule has 0 atom stereocenters. The number of benzene rings is 3. The Hall–Kier alpha value is -3.68. The molecule has 0 unspecified atom stereocenters. The molecule has 148 valence electrons. The van der Waals surface area contributed by atoms with Gasteiger partial charge in [-0.2, -0.15) is 13.2 Å². The van der Waals surface area contributed by atoms with Crippen molar-refractivity contribution in [3.8, 4) is 0 Å². The van der Waals surface area contributed by atoms with Gasteiger partial charge in [0.25, 0.3) is 11.8 Å². The summed E-state index contributed by atoms with van der Waals surface area (Å²) in [6.07, 6.45) is -4.53. The van der Waals surface area contributed by atoms with E-state index in [-0.39, 0.29) is 22.5 Å². The summed E-state index contributed by atoms with van der Waals surface area (Å²) in [5, 5.41) is 4.86. The molecule has 8 heteroatoms. The second-order valence-corrected chi connectivity index (χ2v) is 6.05. The summed E-state index contributed by atoms with van der Waals surface area (Å²) in [5.74, 6) is -2.05. The van der Waals surface area contributed by atoms with Crippen molar-refractivity contribution in [3.05, 3.63) is 95.3 Å². The molecular weight excluding hydrogens is 388 g/mol. The molecule has 3 rings (SSSR count). The van der Waals surface area contributed by atoms with Crippen molar-refractivity contribution in [1.82, 2.24) is 0 Å². The van der Waals surface area contributed by atoms with Crippen molar-refractivity contribution in [2.75, 3.05) is 10.6 Å². The zero-order valence-electron chi connectivity index (χ0n) is 14.8. The second kappa shape index (κ2) is 8.14. The molecule has 0 fully saturated rings. The molecule has 3 aromatic rings. The van der Waals surface area contributed by atoms with E-state index in [1.807, 2.05) is 0 Å². The fraction of sp³-hybridized carbons (Fsp3) is 0.0476. The smallest absolute Gasteiger partial charge is 0.322 e. The normalized spacial score (nSPS) is 11.0. The Morgan fingerprint density at radius 1 is 0.724 bits per heavy atom. The van der Waals surface area contributed by atoms with E-state index in [9.17, 15) is 27.2 Å². The fourth-order valence-electron chi connectivity index (χ4n) is 2.56. The third-order valence-corrected chi connectivity index (χ3v) is 3.95.